The number of allylic oxidation sites excluding steroid dienone is 2. The Bertz CT molecular complexity index is 1160. The molecule has 2 heteroatoms. The quantitative estimate of drug-likeness (QED) is 0.347. The smallest absolute Gasteiger partial charge is 0.0397 e. The molecule has 1 saturated heterocycles. The zero-order valence-corrected chi connectivity index (χ0v) is 21.6. The summed E-state index contributed by atoms with van der Waals surface area (Å²) < 4.78 is 0. The zero-order valence-electron chi connectivity index (χ0n) is 21.6. The molecule has 0 bridgehead atoms. The first-order valence-electron chi connectivity index (χ1n) is 13.7. The molecule has 1 fully saturated rings. The van der Waals surface area contributed by atoms with Gasteiger partial charge in [-0.3, -0.25) is 0 Å². The van der Waals surface area contributed by atoms with Gasteiger partial charge >= 0.3 is 0 Å². The average molecular weight is 477 g/mol. The van der Waals surface area contributed by atoms with Crippen molar-refractivity contribution in [2.75, 3.05) is 19.6 Å². The molecular formula is C34H40N2. The van der Waals surface area contributed by atoms with Crippen molar-refractivity contribution in [3.63, 3.8) is 0 Å². The summed E-state index contributed by atoms with van der Waals surface area (Å²) in [5.74, 6) is 1.34. The highest BCUT2D eigenvalue weighted by molar-refractivity contribution is 5.70. The normalized spacial score (nSPS) is 18.6. The highest BCUT2D eigenvalue weighted by Crippen LogP contribution is 2.37. The summed E-state index contributed by atoms with van der Waals surface area (Å²) >= 11 is 0. The summed E-state index contributed by atoms with van der Waals surface area (Å²) in [6.45, 7) is 13.3. The third kappa shape index (κ3) is 6.17. The lowest BCUT2D eigenvalue weighted by Gasteiger charge is -2.34. The monoisotopic (exact) mass is 476 g/mol. The molecule has 3 aromatic rings. The van der Waals surface area contributed by atoms with Crippen LogP contribution in [0, 0.1) is 5.92 Å². The van der Waals surface area contributed by atoms with Gasteiger partial charge in [-0.25, -0.2) is 0 Å². The van der Waals surface area contributed by atoms with Gasteiger partial charge in [0.05, 0.1) is 0 Å². The third-order valence-electron chi connectivity index (χ3n) is 8.23. The summed E-state index contributed by atoms with van der Waals surface area (Å²) in [4.78, 5) is 2.68. The molecule has 2 nitrogen and oxygen atoms in total. The molecule has 1 atom stereocenters. The number of piperidine rings is 1. The van der Waals surface area contributed by atoms with E-state index in [1.54, 1.807) is 0 Å². The molecule has 1 unspecified atom stereocenters. The maximum absolute atomic E-state index is 4.55. The Balaban J connectivity index is 1.09. The summed E-state index contributed by atoms with van der Waals surface area (Å²) in [6, 6.07) is 28.6. The van der Waals surface area contributed by atoms with Gasteiger partial charge in [-0.05, 0) is 97.0 Å². The van der Waals surface area contributed by atoms with Crippen molar-refractivity contribution in [1.29, 1.82) is 0 Å². The van der Waals surface area contributed by atoms with Gasteiger partial charge in [0.25, 0.3) is 0 Å². The van der Waals surface area contributed by atoms with E-state index in [9.17, 15) is 0 Å². The fourth-order valence-electron chi connectivity index (χ4n) is 6.00. The Labute approximate surface area is 217 Å². The lowest BCUT2D eigenvalue weighted by molar-refractivity contribution is 0.202. The van der Waals surface area contributed by atoms with E-state index in [2.05, 4.69) is 102 Å². The van der Waals surface area contributed by atoms with Crippen LogP contribution in [0.1, 0.15) is 59.4 Å². The van der Waals surface area contributed by atoms with Gasteiger partial charge < -0.3 is 10.2 Å². The molecule has 0 spiro atoms. The van der Waals surface area contributed by atoms with Crippen molar-refractivity contribution in [3.8, 4) is 0 Å². The molecule has 5 rings (SSSR count). The molecular weight excluding hydrogens is 436 g/mol. The van der Waals surface area contributed by atoms with E-state index in [1.807, 2.05) is 0 Å². The molecule has 0 saturated carbocycles. The van der Waals surface area contributed by atoms with Crippen LogP contribution < -0.4 is 5.32 Å². The molecule has 2 aliphatic rings. The number of benzene rings is 3. The van der Waals surface area contributed by atoms with E-state index < -0.39 is 0 Å². The number of nitrogens with one attached hydrogen (secondary N) is 1. The van der Waals surface area contributed by atoms with E-state index in [0.29, 0.717) is 5.92 Å². The van der Waals surface area contributed by atoms with Crippen molar-refractivity contribution in [2.45, 2.75) is 51.0 Å². The van der Waals surface area contributed by atoms with E-state index >= 15 is 0 Å². The minimum Gasteiger partial charge on any atom is -0.384 e. The number of likely N-dealkylation sites (tertiary alicyclic amines) is 1. The van der Waals surface area contributed by atoms with Gasteiger partial charge in [-0.1, -0.05) is 92.0 Å². The molecule has 36 heavy (non-hydrogen) atoms. The predicted octanol–water partition coefficient (Wildman–Crippen LogP) is 7.38. The largest absolute Gasteiger partial charge is 0.384 e. The second-order valence-corrected chi connectivity index (χ2v) is 10.7. The number of hydrogen-bond acceptors (Lipinski definition) is 2. The molecule has 3 aromatic carbocycles. The van der Waals surface area contributed by atoms with Gasteiger partial charge in [0, 0.05) is 18.7 Å². The highest BCUT2D eigenvalue weighted by atomic mass is 15.1. The first kappa shape index (κ1) is 24.6. The summed E-state index contributed by atoms with van der Waals surface area (Å²) in [5.41, 5.74) is 9.41. The van der Waals surface area contributed by atoms with Crippen LogP contribution in [0.3, 0.4) is 0 Å². The Morgan fingerprint density at radius 2 is 1.58 bits per heavy atom. The molecule has 0 amide bonds. The van der Waals surface area contributed by atoms with Crippen molar-refractivity contribution in [1.82, 2.24) is 10.2 Å². The molecule has 1 aliphatic heterocycles. The van der Waals surface area contributed by atoms with Gasteiger partial charge in [-0.15, -0.1) is 0 Å². The lowest BCUT2D eigenvalue weighted by Crippen LogP contribution is -2.34. The van der Waals surface area contributed by atoms with Crippen molar-refractivity contribution in [2.24, 2.45) is 5.92 Å². The Morgan fingerprint density at radius 1 is 0.861 bits per heavy atom. The third-order valence-corrected chi connectivity index (χ3v) is 8.23. The first-order valence-corrected chi connectivity index (χ1v) is 13.7. The fourth-order valence-corrected chi connectivity index (χ4v) is 6.00. The maximum Gasteiger partial charge on any atom is 0.0397 e. The number of rotatable bonds is 9. The number of fused-ring (bicyclic) bond motifs is 1. The second-order valence-electron chi connectivity index (χ2n) is 10.7. The first-order chi connectivity index (χ1) is 17.7. The highest BCUT2D eigenvalue weighted by Gasteiger charge is 2.25. The van der Waals surface area contributed by atoms with Gasteiger partial charge in [0.1, 0.15) is 0 Å². The average Bonchev–Trinajstić information content (AvgIpc) is 2.93. The Kier molecular flexibility index (Phi) is 8.03. The maximum atomic E-state index is 4.55. The SMILES string of the molecule is C=C(Cc1ccccc1)NCc1ccc2c(c1)CCC(CCN1CCC(c3ccccc3)CC1)C2=C. The van der Waals surface area contributed by atoms with Crippen LogP contribution in [0.2, 0.25) is 0 Å². The number of nitrogens with zero attached hydrogens (tertiary/aromatic N) is 1. The second kappa shape index (κ2) is 11.8. The molecule has 1 heterocycles. The summed E-state index contributed by atoms with van der Waals surface area (Å²) in [6.07, 6.45) is 7.06. The van der Waals surface area contributed by atoms with Gasteiger partial charge in [0.2, 0.25) is 0 Å². The summed E-state index contributed by atoms with van der Waals surface area (Å²) in [5, 5.41) is 3.52. The van der Waals surface area contributed by atoms with Crippen LogP contribution in [0.15, 0.2) is 97.7 Å². The van der Waals surface area contributed by atoms with Crippen LogP contribution in [0.5, 0.6) is 0 Å². The molecule has 0 aromatic heterocycles. The van der Waals surface area contributed by atoms with E-state index in [0.717, 1.165) is 31.0 Å². The molecule has 1 N–H and O–H groups in total. The van der Waals surface area contributed by atoms with Crippen molar-refractivity contribution < 1.29 is 0 Å². The van der Waals surface area contributed by atoms with Crippen LogP contribution in [-0.4, -0.2) is 24.5 Å². The molecule has 186 valence electrons. The number of aryl methyl sites for hydroxylation is 1. The Morgan fingerprint density at radius 3 is 2.33 bits per heavy atom. The molecule has 0 radical (unpaired) electrons. The standard InChI is InChI=1S/C34H40N2/c1-26(23-28-9-5-3-6-10-28)35-25-29-13-16-34-27(2)30(14-15-33(34)24-29)17-20-36-21-18-32(19-22-36)31-11-7-4-8-12-31/h3-13,16,24,30,32,35H,1-2,14-15,17-23,25H2. The minimum absolute atomic E-state index is 0.610. The fraction of sp³-hybridized carbons (Fsp3) is 0.353. The lowest BCUT2D eigenvalue weighted by atomic mass is 9.78. The summed E-state index contributed by atoms with van der Waals surface area (Å²) in [7, 11) is 0. The van der Waals surface area contributed by atoms with Gasteiger partial charge in [-0.2, -0.15) is 0 Å². The van der Waals surface area contributed by atoms with E-state index in [-0.39, 0.29) is 0 Å². The van der Waals surface area contributed by atoms with Crippen molar-refractivity contribution >= 4 is 5.57 Å². The van der Waals surface area contributed by atoms with Crippen LogP contribution in [0.4, 0.5) is 0 Å². The van der Waals surface area contributed by atoms with Crippen LogP contribution in [-0.2, 0) is 19.4 Å². The number of hydrogen-bond donors (Lipinski definition) is 1. The van der Waals surface area contributed by atoms with Crippen LogP contribution >= 0.6 is 0 Å². The van der Waals surface area contributed by atoms with Gasteiger partial charge in [0.15, 0.2) is 0 Å². The molecule has 1 aliphatic carbocycles. The minimum atomic E-state index is 0.610. The van der Waals surface area contributed by atoms with E-state index in [1.165, 1.54) is 78.7 Å². The van der Waals surface area contributed by atoms with Crippen LogP contribution in [0.25, 0.3) is 5.57 Å². The topological polar surface area (TPSA) is 15.3 Å². The van der Waals surface area contributed by atoms with E-state index in [4.69, 9.17) is 0 Å². The Hall–Kier alpha value is -3.10. The van der Waals surface area contributed by atoms with Crippen molar-refractivity contribution in [3.05, 3.63) is 126 Å². The zero-order chi connectivity index (χ0) is 24.7. The predicted molar refractivity (Wildman–Crippen MR) is 153 cm³/mol.